The highest BCUT2D eigenvalue weighted by Gasteiger charge is 2.26. The van der Waals surface area contributed by atoms with Crippen LogP contribution in [0.2, 0.25) is 0 Å². The first-order chi connectivity index (χ1) is 10.3. The number of fused-ring (bicyclic) bond motifs is 1. The van der Waals surface area contributed by atoms with Gasteiger partial charge in [-0.3, -0.25) is 4.79 Å². The van der Waals surface area contributed by atoms with E-state index in [9.17, 15) is 4.79 Å². The largest absolute Gasteiger partial charge is 0.313 e. The molecule has 5 heteroatoms. The van der Waals surface area contributed by atoms with E-state index in [-0.39, 0.29) is 11.9 Å². The number of para-hydroxylation sites is 1. The molecule has 1 amide bonds. The lowest BCUT2D eigenvalue weighted by atomic mass is 10.0. The Bertz CT molecular complexity index is 629. The van der Waals surface area contributed by atoms with E-state index in [0.29, 0.717) is 12.1 Å². The molecule has 0 saturated carbocycles. The number of aromatic nitrogens is 2. The summed E-state index contributed by atoms with van der Waals surface area (Å²) in [4.78, 5) is 22.5. The van der Waals surface area contributed by atoms with Crippen LogP contribution in [0, 0.1) is 0 Å². The van der Waals surface area contributed by atoms with Crippen LogP contribution in [-0.2, 0) is 0 Å². The van der Waals surface area contributed by atoms with Crippen molar-refractivity contribution in [3.63, 3.8) is 0 Å². The molecule has 1 atom stereocenters. The summed E-state index contributed by atoms with van der Waals surface area (Å²) in [5.74, 6) is -0.0418. The number of hydrogen-bond acceptors (Lipinski definition) is 4. The third-order valence-corrected chi connectivity index (χ3v) is 3.88. The van der Waals surface area contributed by atoms with E-state index in [1.54, 1.807) is 12.4 Å². The Kier molecular flexibility index (Phi) is 3.92. The molecule has 0 radical (unpaired) electrons. The van der Waals surface area contributed by atoms with E-state index >= 15 is 0 Å². The van der Waals surface area contributed by atoms with Crippen LogP contribution >= 0.6 is 0 Å². The van der Waals surface area contributed by atoms with Crippen LogP contribution in [0.4, 0.5) is 5.69 Å². The van der Waals surface area contributed by atoms with Gasteiger partial charge >= 0.3 is 0 Å². The van der Waals surface area contributed by atoms with Gasteiger partial charge in [-0.25, -0.2) is 9.97 Å². The highest BCUT2D eigenvalue weighted by atomic mass is 16.2. The maximum atomic E-state index is 12.7. The molecule has 1 aliphatic rings. The number of carbonyl (C=O) groups is 1. The molecule has 1 unspecified atom stereocenters. The average molecular weight is 282 g/mol. The summed E-state index contributed by atoms with van der Waals surface area (Å²) in [7, 11) is 1.96. The van der Waals surface area contributed by atoms with Crippen molar-refractivity contribution in [2.24, 2.45) is 0 Å². The molecule has 2 aromatic rings. The van der Waals surface area contributed by atoms with Crippen LogP contribution in [0.25, 0.3) is 0 Å². The summed E-state index contributed by atoms with van der Waals surface area (Å²) in [6, 6.07) is 8.36. The Balaban J connectivity index is 2.01. The minimum absolute atomic E-state index is 0.0418. The van der Waals surface area contributed by atoms with Crippen molar-refractivity contribution in [3.8, 4) is 0 Å². The second kappa shape index (κ2) is 6.01. The van der Waals surface area contributed by atoms with Crippen molar-refractivity contribution in [2.75, 3.05) is 18.5 Å². The second-order valence-electron chi connectivity index (χ2n) is 5.13. The first-order valence-electron chi connectivity index (χ1n) is 7.14. The van der Waals surface area contributed by atoms with Gasteiger partial charge in [-0.15, -0.1) is 0 Å². The second-order valence-corrected chi connectivity index (χ2v) is 5.13. The summed E-state index contributed by atoms with van der Waals surface area (Å²) < 4.78 is 0. The lowest BCUT2D eigenvalue weighted by Gasteiger charge is -2.23. The van der Waals surface area contributed by atoms with Gasteiger partial charge < -0.3 is 10.2 Å². The van der Waals surface area contributed by atoms with Crippen LogP contribution in [0.3, 0.4) is 0 Å². The van der Waals surface area contributed by atoms with Gasteiger partial charge in [0.2, 0.25) is 0 Å². The van der Waals surface area contributed by atoms with Crippen molar-refractivity contribution >= 4 is 11.6 Å². The lowest BCUT2D eigenvalue weighted by Crippen LogP contribution is -2.32. The Morgan fingerprint density at radius 1 is 1.29 bits per heavy atom. The fraction of sp³-hybridized carbons (Fsp3) is 0.312. The Morgan fingerprint density at radius 2 is 2.05 bits per heavy atom. The van der Waals surface area contributed by atoms with Crippen LogP contribution in [-0.4, -0.2) is 29.5 Å². The standard InChI is InChI=1S/C16H18N4O/c1-17-14-6-4-8-20(15-7-3-2-5-13(14)15)16(21)12-9-18-11-19-10-12/h2-3,5,7,9-11,14,17H,4,6,8H2,1H3. The zero-order valence-corrected chi connectivity index (χ0v) is 12.0. The molecule has 1 N–H and O–H groups in total. The summed E-state index contributed by atoms with van der Waals surface area (Å²) in [5, 5.41) is 3.34. The Hall–Kier alpha value is -2.27. The van der Waals surface area contributed by atoms with Crippen LogP contribution < -0.4 is 10.2 Å². The van der Waals surface area contributed by atoms with Gasteiger partial charge in [0.25, 0.3) is 5.91 Å². The zero-order chi connectivity index (χ0) is 14.7. The molecule has 0 aliphatic carbocycles. The van der Waals surface area contributed by atoms with Crippen molar-refractivity contribution in [1.82, 2.24) is 15.3 Å². The number of amides is 1. The van der Waals surface area contributed by atoms with Gasteiger partial charge in [-0.05, 0) is 31.5 Å². The number of anilines is 1. The fourth-order valence-corrected chi connectivity index (χ4v) is 2.83. The van der Waals surface area contributed by atoms with E-state index < -0.39 is 0 Å². The van der Waals surface area contributed by atoms with Crippen LogP contribution in [0.15, 0.2) is 43.0 Å². The van der Waals surface area contributed by atoms with E-state index in [4.69, 9.17) is 0 Å². The molecule has 2 heterocycles. The Labute approximate surface area is 124 Å². The predicted molar refractivity (Wildman–Crippen MR) is 81.2 cm³/mol. The molecule has 0 fully saturated rings. The molecule has 1 aromatic heterocycles. The van der Waals surface area contributed by atoms with Gasteiger partial charge in [-0.1, -0.05) is 18.2 Å². The minimum atomic E-state index is -0.0418. The number of rotatable bonds is 2. The van der Waals surface area contributed by atoms with Gasteiger partial charge in [-0.2, -0.15) is 0 Å². The summed E-state index contributed by atoms with van der Waals surface area (Å²) in [6.07, 6.45) is 6.54. The van der Waals surface area contributed by atoms with E-state index in [0.717, 1.165) is 18.5 Å². The van der Waals surface area contributed by atoms with Crippen LogP contribution in [0.1, 0.15) is 34.8 Å². The molecule has 0 saturated heterocycles. The Morgan fingerprint density at radius 3 is 2.81 bits per heavy atom. The number of carbonyl (C=O) groups excluding carboxylic acids is 1. The number of nitrogens with zero attached hydrogens (tertiary/aromatic N) is 3. The van der Waals surface area contributed by atoms with E-state index in [1.807, 2.05) is 30.1 Å². The van der Waals surface area contributed by atoms with Crippen molar-refractivity contribution in [3.05, 3.63) is 54.1 Å². The minimum Gasteiger partial charge on any atom is -0.313 e. The lowest BCUT2D eigenvalue weighted by molar-refractivity contribution is 0.0986. The van der Waals surface area contributed by atoms with E-state index in [2.05, 4.69) is 21.4 Å². The molecule has 1 aliphatic heterocycles. The highest BCUT2D eigenvalue weighted by Crippen LogP contribution is 2.33. The maximum absolute atomic E-state index is 12.7. The SMILES string of the molecule is CNC1CCCN(C(=O)c2cncnc2)c2ccccc21. The summed E-state index contributed by atoms with van der Waals surface area (Å²) in [6.45, 7) is 0.711. The number of hydrogen-bond donors (Lipinski definition) is 1. The van der Waals surface area contributed by atoms with Crippen molar-refractivity contribution < 1.29 is 4.79 Å². The maximum Gasteiger partial charge on any atom is 0.261 e. The zero-order valence-electron chi connectivity index (χ0n) is 12.0. The molecule has 0 bridgehead atoms. The van der Waals surface area contributed by atoms with Gasteiger partial charge in [0.1, 0.15) is 6.33 Å². The van der Waals surface area contributed by atoms with Crippen molar-refractivity contribution in [1.29, 1.82) is 0 Å². The molecular weight excluding hydrogens is 264 g/mol. The van der Waals surface area contributed by atoms with Gasteiger partial charge in [0.15, 0.2) is 0 Å². The van der Waals surface area contributed by atoms with Crippen LogP contribution in [0.5, 0.6) is 0 Å². The predicted octanol–water partition coefficient (Wildman–Crippen LogP) is 2.18. The topological polar surface area (TPSA) is 58.1 Å². The molecule has 5 nitrogen and oxygen atoms in total. The number of nitrogens with one attached hydrogen (secondary N) is 1. The fourth-order valence-electron chi connectivity index (χ4n) is 2.83. The van der Waals surface area contributed by atoms with E-state index in [1.165, 1.54) is 11.9 Å². The van der Waals surface area contributed by atoms with Gasteiger partial charge in [0.05, 0.1) is 5.56 Å². The highest BCUT2D eigenvalue weighted by molar-refractivity contribution is 6.06. The smallest absolute Gasteiger partial charge is 0.261 e. The van der Waals surface area contributed by atoms with Crippen molar-refractivity contribution in [2.45, 2.75) is 18.9 Å². The molecule has 3 rings (SSSR count). The summed E-state index contributed by atoms with van der Waals surface area (Å²) >= 11 is 0. The molecule has 0 spiro atoms. The average Bonchev–Trinajstić information content (AvgIpc) is 2.74. The summed E-state index contributed by atoms with van der Waals surface area (Å²) in [5.41, 5.74) is 2.67. The molecular formula is C16H18N4O. The number of benzene rings is 1. The molecule has 21 heavy (non-hydrogen) atoms. The monoisotopic (exact) mass is 282 g/mol. The third-order valence-electron chi connectivity index (χ3n) is 3.88. The first kappa shape index (κ1) is 13.7. The third kappa shape index (κ3) is 2.64. The molecule has 1 aromatic carbocycles. The molecule has 108 valence electrons. The first-order valence-corrected chi connectivity index (χ1v) is 7.14. The normalized spacial score (nSPS) is 18.0. The van der Waals surface area contributed by atoms with Gasteiger partial charge in [0, 0.05) is 30.7 Å². The quantitative estimate of drug-likeness (QED) is 0.917.